The van der Waals surface area contributed by atoms with E-state index in [-0.39, 0.29) is 0 Å². The van der Waals surface area contributed by atoms with Crippen molar-refractivity contribution < 1.29 is 0 Å². The quantitative estimate of drug-likeness (QED) is 0.934. The molecule has 0 radical (unpaired) electrons. The highest BCUT2D eigenvalue weighted by atomic mass is 79.9. The maximum absolute atomic E-state index is 6.48. The number of halogens is 1. The van der Waals surface area contributed by atoms with E-state index >= 15 is 0 Å². The molecule has 3 nitrogen and oxygen atoms in total. The molecule has 2 N–H and O–H groups in total. The van der Waals surface area contributed by atoms with Gasteiger partial charge >= 0.3 is 0 Å². The molecular weight excluding hydrogens is 302 g/mol. The first-order valence-corrected chi connectivity index (χ1v) is 7.27. The van der Waals surface area contributed by atoms with Crippen LogP contribution in [0.3, 0.4) is 0 Å². The summed E-state index contributed by atoms with van der Waals surface area (Å²) in [4.78, 5) is 0. The minimum Gasteiger partial charge on any atom is -0.321 e. The molecule has 0 saturated heterocycles. The highest BCUT2D eigenvalue weighted by Crippen LogP contribution is 2.28. The van der Waals surface area contributed by atoms with Crippen LogP contribution in [0.25, 0.3) is 0 Å². The van der Waals surface area contributed by atoms with Gasteiger partial charge in [-0.3, -0.25) is 4.68 Å². The van der Waals surface area contributed by atoms with Crippen LogP contribution in [0.2, 0.25) is 0 Å². The summed E-state index contributed by atoms with van der Waals surface area (Å²) in [6, 6.07) is 10.5. The molecule has 2 rings (SSSR count). The van der Waals surface area contributed by atoms with E-state index in [0.717, 1.165) is 22.2 Å². The van der Waals surface area contributed by atoms with Crippen molar-refractivity contribution in [2.24, 2.45) is 5.73 Å². The van der Waals surface area contributed by atoms with Gasteiger partial charge in [0.05, 0.1) is 5.69 Å². The predicted molar refractivity (Wildman–Crippen MR) is 82.0 cm³/mol. The van der Waals surface area contributed by atoms with E-state index in [1.165, 1.54) is 0 Å². The molecular formula is C15H20BrN3. The lowest BCUT2D eigenvalue weighted by atomic mass is 9.88. The van der Waals surface area contributed by atoms with Crippen LogP contribution in [0.4, 0.5) is 0 Å². The van der Waals surface area contributed by atoms with Crippen LogP contribution >= 0.6 is 15.9 Å². The summed E-state index contributed by atoms with van der Waals surface area (Å²) in [5.41, 5.74) is 8.17. The zero-order chi connectivity index (χ0) is 14.0. The van der Waals surface area contributed by atoms with E-state index in [2.05, 4.69) is 40.9 Å². The molecule has 0 bridgehead atoms. The highest BCUT2D eigenvalue weighted by molar-refractivity contribution is 9.10. The maximum atomic E-state index is 6.48. The molecule has 1 aromatic heterocycles. The Balaban J connectivity index is 2.23. The number of nitrogens with zero attached hydrogens (tertiary/aromatic N) is 2. The molecule has 0 fully saturated rings. The van der Waals surface area contributed by atoms with Crippen molar-refractivity contribution in [3.8, 4) is 0 Å². The Bertz CT molecular complexity index is 558. The number of benzene rings is 1. The first-order chi connectivity index (χ1) is 8.90. The third-order valence-corrected chi connectivity index (χ3v) is 3.92. The molecule has 1 atom stereocenters. The van der Waals surface area contributed by atoms with Gasteiger partial charge in [-0.05, 0) is 38.5 Å². The number of aromatic nitrogens is 2. The van der Waals surface area contributed by atoms with Crippen molar-refractivity contribution in [1.29, 1.82) is 0 Å². The fourth-order valence-corrected chi connectivity index (χ4v) is 2.89. The fraction of sp³-hybridized carbons (Fsp3) is 0.400. The Kier molecular flexibility index (Phi) is 4.11. The second-order valence-corrected chi connectivity index (χ2v) is 6.31. The van der Waals surface area contributed by atoms with Crippen molar-refractivity contribution in [3.05, 3.63) is 52.3 Å². The lowest BCUT2D eigenvalue weighted by Gasteiger charge is -2.25. The van der Waals surface area contributed by atoms with Gasteiger partial charge in [-0.2, -0.15) is 5.10 Å². The van der Waals surface area contributed by atoms with Crippen LogP contribution < -0.4 is 5.73 Å². The molecule has 19 heavy (non-hydrogen) atoms. The average molecular weight is 322 g/mol. The van der Waals surface area contributed by atoms with Crippen molar-refractivity contribution in [2.45, 2.75) is 38.8 Å². The van der Waals surface area contributed by atoms with Gasteiger partial charge in [0, 0.05) is 28.7 Å². The van der Waals surface area contributed by atoms with Gasteiger partial charge in [0.2, 0.25) is 0 Å². The van der Waals surface area contributed by atoms with Crippen molar-refractivity contribution in [1.82, 2.24) is 9.78 Å². The standard InChI is InChI=1S/C15H20BrN3/c1-11(2)19-9-8-12(18-19)10-15(3,17)13-6-4-5-7-14(13)16/h4-9,11H,10,17H2,1-3H3. The molecule has 102 valence electrons. The summed E-state index contributed by atoms with van der Waals surface area (Å²) >= 11 is 3.57. The highest BCUT2D eigenvalue weighted by Gasteiger charge is 2.25. The minimum absolute atomic E-state index is 0.376. The van der Waals surface area contributed by atoms with Gasteiger partial charge in [-0.1, -0.05) is 34.1 Å². The molecule has 4 heteroatoms. The smallest absolute Gasteiger partial charge is 0.0646 e. The van der Waals surface area contributed by atoms with Gasteiger partial charge < -0.3 is 5.73 Å². The fourth-order valence-electron chi connectivity index (χ4n) is 2.16. The molecule has 1 aromatic carbocycles. The summed E-state index contributed by atoms with van der Waals surface area (Å²) in [7, 11) is 0. The maximum Gasteiger partial charge on any atom is 0.0646 e. The molecule has 0 saturated carbocycles. The van der Waals surface area contributed by atoms with Crippen LogP contribution in [0, 0.1) is 0 Å². The third-order valence-electron chi connectivity index (χ3n) is 3.23. The van der Waals surface area contributed by atoms with E-state index in [1.807, 2.05) is 42.1 Å². The molecule has 0 aliphatic rings. The van der Waals surface area contributed by atoms with Gasteiger partial charge in [0.25, 0.3) is 0 Å². The number of hydrogen-bond donors (Lipinski definition) is 1. The lowest BCUT2D eigenvalue weighted by Crippen LogP contribution is -2.36. The summed E-state index contributed by atoms with van der Waals surface area (Å²) in [5, 5.41) is 4.57. The molecule has 1 heterocycles. The zero-order valence-corrected chi connectivity index (χ0v) is 13.2. The molecule has 0 aliphatic heterocycles. The lowest BCUT2D eigenvalue weighted by molar-refractivity contribution is 0.468. The zero-order valence-electron chi connectivity index (χ0n) is 11.6. The van der Waals surface area contributed by atoms with E-state index in [1.54, 1.807) is 0 Å². The van der Waals surface area contributed by atoms with Crippen LogP contribution in [0.15, 0.2) is 41.0 Å². The Morgan fingerprint density at radius 3 is 2.58 bits per heavy atom. The largest absolute Gasteiger partial charge is 0.321 e. The van der Waals surface area contributed by atoms with Gasteiger partial charge in [0.15, 0.2) is 0 Å². The van der Waals surface area contributed by atoms with Crippen molar-refractivity contribution in [2.75, 3.05) is 0 Å². The van der Waals surface area contributed by atoms with E-state index in [0.29, 0.717) is 6.04 Å². The second kappa shape index (κ2) is 5.47. The van der Waals surface area contributed by atoms with E-state index in [9.17, 15) is 0 Å². The van der Waals surface area contributed by atoms with Crippen molar-refractivity contribution in [3.63, 3.8) is 0 Å². The first-order valence-electron chi connectivity index (χ1n) is 6.48. The van der Waals surface area contributed by atoms with Crippen LogP contribution in [-0.2, 0) is 12.0 Å². The summed E-state index contributed by atoms with van der Waals surface area (Å²) in [6.45, 7) is 6.28. The van der Waals surface area contributed by atoms with Crippen LogP contribution in [-0.4, -0.2) is 9.78 Å². The Labute approximate surface area is 122 Å². The first kappa shape index (κ1) is 14.3. The van der Waals surface area contributed by atoms with Crippen LogP contribution in [0.5, 0.6) is 0 Å². The normalized spacial score (nSPS) is 14.6. The minimum atomic E-state index is -0.434. The van der Waals surface area contributed by atoms with Crippen molar-refractivity contribution >= 4 is 15.9 Å². The number of hydrogen-bond acceptors (Lipinski definition) is 2. The number of rotatable bonds is 4. The van der Waals surface area contributed by atoms with E-state index in [4.69, 9.17) is 5.73 Å². The SMILES string of the molecule is CC(C)n1ccc(CC(C)(N)c2ccccc2Br)n1. The Morgan fingerprint density at radius 2 is 2.00 bits per heavy atom. The van der Waals surface area contributed by atoms with Gasteiger partial charge in [-0.15, -0.1) is 0 Å². The second-order valence-electron chi connectivity index (χ2n) is 5.45. The van der Waals surface area contributed by atoms with Gasteiger partial charge in [-0.25, -0.2) is 0 Å². The summed E-state index contributed by atoms with van der Waals surface area (Å²) < 4.78 is 3.01. The Morgan fingerprint density at radius 1 is 1.32 bits per heavy atom. The van der Waals surface area contributed by atoms with Gasteiger partial charge in [0.1, 0.15) is 0 Å². The van der Waals surface area contributed by atoms with Crippen LogP contribution in [0.1, 0.15) is 38.1 Å². The molecule has 2 aromatic rings. The average Bonchev–Trinajstić information content (AvgIpc) is 2.77. The summed E-state index contributed by atoms with van der Waals surface area (Å²) in [5.74, 6) is 0. The molecule has 0 spiro atoms. The third kappa shape index (κ3) is 3.25. The predicted octanol–water partition coefficient (Wildman–Crippen LogP) is 3.64. The summed E-state index contributed by atoms with van der Waals surface area (Å²) in [6.07, 6.45) is 2.73. The molecule has 0 amide bonds. The topological polar surface area (TPSA) is 43.8 Å². The molecule has 0 aliphatic carbocycles. The molecule has 1 unspecified atom stereocenters. The monoisotopic (exact) mass is 321 g/mol. The Hall–Kier alpha value is -1.13. The number of nitrogens with two attached hydrogens (primary N) is 1. The van der Waals surface area contributed by atoms with E-state index < -0.39 is 5.54 Å².